The van der Waals surface area contributed by atoms with E-state index in [9.17, 15) is 9.59 Å². The number of carbonyl (C=O) groups is 2. The number of aryl methyl sites for hydroxylation is 2. The second-order valence-electron chi connectivity index (χ2n) is 5.29. The number of aromatic nitrogens is 2. The number of aliphatic carboxylic acids is 1. The van der Waals surface area contributed by atoms with Gasteiger partial charge in [0.05, 0.1) is 10.7 Å². The van der Waals surface area contributed by atoms with Crippen molar-refractivity contribution >= 4 is 29.2 Å². The fraction of sp³-hybridized carbons (Fsp3) is 0.312. The minimum atomic E-state index is -1.11. The van der Waals surface area contributed by atoms with E-state index < -0.39 is 12.6 Å². The maximum atomic E-state index is 12.0. The lowest BCUT2D eigenvalue weighted by atomic mass is 10.3. The summed E-state index contributed by atoms with van der Waals surface area (Å²) in [6, 6.07) is 4.51. The normalized spacial score (nSPS) is 10.4. The number of rotatable bonds is 7. The molecule has 8 nitrogen and oxygen atoms in total. The second-order valence-corrected chi connectivity index (χ2v) is 5.70. The Morgan fingerprint density at radius 1 is 1.28 bits per heavy atom. The molecule has 2 aromatic rings. The molecule has 0 atom stereocenters. The summed E-state index contributed by atoms with van der Waals surface area (Å²) in [5, 5.41) is 15.6. The fourth-order valence-corrected chi connectivity index (χ4v) is 2.37. The van der Waals surface area contributed by atoms with Gasteiger partial charge in [0, 0.05) is 12.7 Å². The average Bonchev–Trinajstić information content (AvgIpc) is 2.77. The number of anilines is 1. The molecule has 0 radical (unpaired) electrons. The third kappa shape index (κ3) is 4.87. The standard InChI is InChI=1S/C16H18ClN3O5/c1-9-16(10(2)20(3)19-9)25-7-14(21)18-11-4-5-13(12(17)6-11)24-8-15(22)23/h4-6H,7-8H2,1-3H3,(H,18,21)(H,22,23). The number of nitrogens with one attached hydrogen (secondary N) is 1. The quantitative estimate of drug-likeness (QED) is 0.777. The molecule has 1 amide bonds. The number of hydrogen-bond acceptors (Lipinski definition) is 5. The number of halogens is 1. The van der Waals surface area contributed by atoms with Crippen LogP contribution in [0.15, 0.2) is 18.2 Å². The van der Waals surface area contributed by atoms with Crippen molar-refractivity contribution in [2.75, 3.05) is 18.5 Å². The summed E-state index contributed by atoms with van der Waals surface area (Å²) in [5.41, 5.74) is 1.98. The molecule has 25 heavy (non-hydrogen) atoms. The van der Waals surface area contributed by atoms with Crippen molar-refractivity contribution in [3.8, 4) is 11.5 Å². The van der Waals surface area contributed by atoms with Gasteiger partial charge in [0.25, 0.3) is 5.91 Å². The fourth-order valence-electron chi connectivity index (χ4n) is 2.13. The predicted octanol–water partition coefficient (Wildman–Crippen LogP) is 2.17. The van der Waals surface area contributed by atoms with Gasteiger partial charge in [-0.15, -0.1) is 0 Å². The number of ether oxygens (including phenoxy) is 2. The molecular weight excluding hydrogens is 350 g/mol. The maximum absolute atomic E-state index is 12.0. The summed E-state index contributed by atoms with van der Waals surface area (Å²) in [6.07, 6.45) is 0. The van der Waals surface area contributed by atoms with E-state index in [0.717, 1.165) is 5.69 Å². The van der Waals surface area contributed by atoms with Crippen molar-refractivity contribution in [1.29, 1.82) is 0 Å². The molecule has 1 aromatic heterocycles. The van der Waals surface area contributed by atoms with Gasteiger partial charge in [-0.1, -0.05) is 11.6 Å². The van der Waals surface area contributed by atoms with Crippen LogP contribution in [-0.2, 0) is 16.6 Å². The highest BCUT2D eigenvalue weighted by Gasteiger charge is 2.13. The first-order valence-electron chi connectivity index (χ1n) is 7.35. The first-order valence-corrected chi connectivity index (χ1v) is 7.72. The first-order chi connectivity index (χ1) is 11.8. The van der Waals surface area contributed by atoms with E-state index in [-0.39, 0.29) is 23.3 Å². The number of nitrogens with zero attached hydrogens (tertiary/aromatic N) is 2. The zero-order valence-electron chi connectivity index (χ0n) is 14.0. The Kier molecular flexibility index (Phi) is 5.87. The Balaban J connectivity index is 1.94. The van der Waals surface area contributed by atoms with Crippen LogP contribution in [0.1, 0.15) is 11.4 Å². The van der Waals surface area contributed by atoms with E-state index in [1.54, 1.807) is 24.7 Å². The molecule has 0 saturated carbocycles. The van der Waals surface area contributed by atoms with Crippen LogP contribution >= 0.6 is 11.6 Å². The van der Waals surface area contributed by atoms with Crippen molar-refractivity contribution in [2.24, 2.45) is 7.05 Å². The lowest BCUT2D eigenvalue weighted by molar-refractivity contribution is -0.139. The van der Waals surface area contributed by atoms with Crippen molar-refractivity contribution in [3.63, 3.8) is 0 Å². The Morgan fingerprint density at radius 2 is 2.00 bits per heavy atom. The second kappa shape index (κ2) is 7.89. The van der Waals surface area contributed by atoms with Crippen LogP contribution in [0.5, 0.6) is 11.5 Å². The van der Waals surface area contributed by atoms with Crippen LogP contribution in [0.25, 0.3) is 0 Å². The topological polar surface area (TPSA) is 103 Å². The lowest BCUT2D eigenvalue weighted by Crippen LogP contribution is -2.20. The van der Waals surface area contributed by atoms with Gasteiger partial charge in [-0.2, -0.15) is 5.10 Å². The number of carbonyl (C=O) groups excluding carboxylic acids is 1. The predicted molar refractivity (Wildman–Crippen MR) is 91.4 cm³/mol. The summed E-state index contributed by atoms with van der Waals surface area (Å²) >= 11 is 6.00. The SMILES string of the molecule is Cc1nn(C)c(C)c1OCC(=O)Nc1ccc(OCC(=O)O)c(Cl)c1. The zero-order valence-corrected chi connectivity index (χ0v) is 14.8. The molecule has 1 heterocycles. The summed E-state index contributed by atoms with van der Waals surface area (Å²) in [6.45, 7) is 2.98. The zero-order chi connectivity index (χ0) is 18.6. The summed E-state index contributed by atoms with van der Waals surface area (Å²) in [7, 11) is 1.80. The highest BCUT2D eigenvalue weighted by molar-refractivity contribution is 6.32. The molecule has 134 valence electrons. The number of hydrogen-bond donors (Lipinski definition) is 2. The summed E-state index contributed by atoms with van der Waals surface area (Å²) in [4.78, 5) is 22.5. The van der Waals surface area contributed by atoms with Gasteiger partial charge < -0.3 is 19.9 Å². The van der Waals surface area contributed by atoms with Gasteiger partial charge in [-0.25, -0.2) is 4.79 Å². The van der Waals surface area contributed by atoms with Crippen molar-refractivity contribution in [3.05, 3.63) is 34.6 Å². The highest BCUT2D eigenvalue weighted by atomic mass is 35.5. The highest BCUT2D eigenvalue weighted by Crippen LogP contribution is 2.27. The van der Waals surface area contributed by atoms with E-state index in [1.807, 2.05) is 6.92 Å². The van der Waals surface area contributed by atoms with Gasteiger partial charge >= 0.3 is 5.97 Å². The molecule has 0 spiro atoms. The molecular formula is C16H18ClN3O5. The van der Waals surface area contributed by atoms with E-state index in [0.29, 0.717) is 17.1 Å². The van der Waals surface area contributed by atoms with Crippen LogP contribution in [0.4, 0.5) is 5.69 Å². The summed E-state index contributed by atoms with van der Waals surface area (Å²) < 4.78 is 12.2. The largest absolute Gasteiger partial charge is 0.480 e. The molecule has 0 aliphatic carbocycles. The minimum absolute atomic E-state index is 0.178. The monoisotopic (exact) mass is 367 g/mol. The molecule has 0 aliphatic heterocycles. The number of benzene rings is 1. The van der Waals surface area contributed by atoms with Crippen molar-refractivity contribution in [1.82, 2.24) is 9.78 Å². The summed E-state index contributed by atoms with van der Waals surface area (Å²) in [5.74, 6) is -0.669. The third-order valence-electron chi connectivity index (χ3n) is 3.36. The van der Waals surface area contributed by atoms with Gasteiger partial charge in [-0.3, -0.25) is 9.48 Å². The molecule has 0 saturated heterocycles. The number of amides is 1. The van der Waals surface area contributed by atoms with E-state index >= 15 is 0 Å². The number of carboxylic acid groups (broad SMARTS) is 1. The Hall–Kier alpha value is -2.74. The van der Waals surface area contributed by atoms with Gasteiger partial charge in [0.1, 0.15) is 11.4 Å². The molecule has 9 heteroatoms. The maximum Gasteiger partial charge on any atom is 0.341 e. The van der Waals surface area contributed by atoms with Crippen LogP contribution in [0.2, 0.25) is 5.02 Å². The van der Waals surface area contributed by atoms with Crippen molar-refractivity contribution in [2.45, 2.75) is 13.8 Å². The van der Waals surface area contributed by atoms with Crippen LogP contribution in [-0.4, -0.2) is 40.0 Å². The van der Waals surface area contributed by atoms with Crippen LogP contribution in [0.3, 0.4) is 0 Å². The Bertz CT molecular complexity index is 803. The molecule has 2 N–H and O–H groups in total. The molecule has 1 aromatic carbocycles. The van der Waals surface area contributed by atoms with E-state index in [2.05, 4.69) is 10.4 Å². The molecule has 0 bridgehead atoms. The van der Waals surface area contributed by atoms with Crippen LogP contribution < -0.4 is 14.8 Å². The molecule has 0 fully saturated rings. The average molecular weight is 368 g/mol. The first kappa shape index (κ1) is 18.6. The van der Waals surface area contributed by atoms with E-state index in [1.165, 1.54) is 12.1 Å². The third-order valence-corrected chi connectivity index (χ3v) is 3.65. The van der Waals surface area contributed by atoms with Gasteiger partial charge in [-0.05, 0) is 32.0 Å². The van der Waals surface area contributed by atoms with Gasteiger partial charge in [0.15, 0.2) is 19.0 Å². The number of carboxylic acids is 1. The Labute approximate surface area is 149 Å². The lowest BCUT2D eigenvalue weighted by Gasteiger charge is -2.10. The molecule has 0 aliphatic rings. The Morgan fingerprint density at radius 3 is 2.56 bits per heavy atom. The van der Waals surface area contributed by atoms with Crippen LogP contribution in [0, 0.1) is 13.8 Å². The molecule has 2 rings (SSSR count). The van der Waals surface area contributed by atoms with E-state index in [4.69, 9.17) is 26.2 Å². The smallest absolute Gasteiger partial charge is 0.341 e. The van der Waals surface area contributed by atoms with Gasteiger partial charge in [0.2, 0.25) is 0 Å². The molecule has 0 unspecified atom stereocenters. The van der Waals surface area contributed by atoms with Crippen molar-refractivity contribution < 1.29 is 24.2 Å². The minimum Gasteiger partial charge on any atom is -0.480 e.